The third-order valence-corrected chi connectivity index (χ3v) is 5.98. The predicted molar refractivity (Wildman–Crippen MR) is 107 cm³/mol. The van der Waals surface area contributed by atoms with E-state index < -0.39 is 5.54 Å². The van der Waals surface area contributed by atoms with E-state index in [9.17, 15) is 9.30 Å². The fraction of sp³-hybridized carbons (Fsp3) is 0.273. The van der Waals surface area contributed by atoms with Gasteiger partial charge in [0, 0.05) is 15.7 Å². The highest BCUT2D eigenvalue weighted by Gasteiger charge is 2.21. The van der Waals surface area contributed by atoms with Crippen LogP contribution in [0, 0.1) is 10.7 Å². The number of nitrogens with zero attached hydrogens (tertiary/aromatic N) is 1. The standard InChI is InChI=1S/C22H22FNOS/c1-4-19(16-6-5-7-18(23)14-16)21-13-12-20(26-21)15-8-10-17(11-9-15)22(2,3)24-25/h5-14,19H,4H2,1-3H3/t19-/m1/s1. The lowest BCUT2D eigenvalue weighted by molar-refractivity contribution is 0.552. The molecule has 0 N–H and O–H groups in total. The first kappa shape index (κ1) is 18.5. The zero-order valence-electron chi connectivity index (χ0n) is 15.2. The average molecular weight is 367 g/mol. The molecule has 26 heavy (non-hydrogen) atoms. The van der Waals surface area contributed by atoms with Crippen LogP contribution in [0.3, 0.4) is 0 Å². The molecule has 1 atom stereocenters. The highest BCUT2D eigenvalue weighted by atomic mass is 32.1. The number of benzene rings is 2. The van der Waals surface area contributed by atoms with E-state index in [1.165, 1.54) is 15.8 Å². The Morgan fingerprint density at radius 3 is 2.42 bits per heavy atom. The Bertz CT molecular complexity index is 899. The lowest BCUT2D eigenvalue weighted by atomic mass is 9.94. The first-order valence-corrected chi connectivity index (χ1v) is 9.57. The van der Waals surface area contributed by atoms with Crippen molar-refractivity contribution in [3.8, 4) is 10.4 Å². The molecule has 2 aromatic carbocycles. The number of hydrogen-bond donors (Lipinski definition) is 0. The van der Waals surface area contributed by atoms with Crippen LogP contribution in [0.1, 0.15) is 49.1 Å². The minimum Gasteiger partial charge on any atom is -0.207 e. The van der Waals surface area contributed by atoms with Gasteiger partial charge in [-0.25, -0.2) is 4.39 Å². The number of hydrogen-bond acceptors (Lipinski definition) is 3. The highest BCUT2D eigenvalue weighted by Crippen LogP contribution is 2.37. The van der Waals surface area contributed by atoms with Crippen LogP contribution in [0.4, 0.5) is 4.39 Å². The molecule has 0 saturated carbocycles. The second kappa shape index (κ2) is 7.50. The summed E-state index contributed by atoms with van der Waals surface area (Å²) in [5.74, 6) is 0.00152. The number of halogens is 1. The van der Waals surface area contributed by atoms with Crippen LogP contribution in [-0.2, 0) is 5.54 Å². The van der Waals surface area contributed by atoms with Crippen molar-refractivity contribution in [3.05, 3.63) is 87.4 Å². The van der Waals surface area contributed by atoms with Gasteiger partial charge in [-0.15, -0.1) is 16.2 Å². The van der Waals surface area contributed by atoms with Crippen molar-refractivity contribution in [3.63, 3.8) is 0 Å². The molecule has 2 nitrogen and oxygen atoms in total. The van der Waals surface area contributed by atoms with Gasteiger partial charge >= 0.3 is 0 Å². The first-order valence-electron chi connectivity index (χ1n) is 8.75. The third-order valence-electron chi connectivity index (χ3n) is 4.73. The molecule has 1 aromatic heterocycles. The second-order valence-electron chi connectivity index (χ2n) is 6.95. The van der Waals surface area contributed by atoms with Crippen molar-refractivity contribution in [2.45, 2.75) is 38.6 Å². The summed E-state index contributed by atoms with van der Waals surface area (Å²) in [5.41, 5.74) is 2.30. The minimum absolute atomic E-state index is 0.195. The third kappa shape index (κ3) is 3.75. The van der Waals surface area contributed by atoms with Gasteiger partial charge in [-0.05, 0) is 61.2 Å². The van der Waals surface area contributed by atoms with E-state index in [0.717, 1.165) is 23.1 Å². The molecule has 0 radical (unpaired) electrons. The Labute approximate surface area is 157 Å². The molecule has 0 aliphatic rings. The largest absolute Gasteiger partial charge is 0.207 e. The van der Waals surface area contributed by atoms with Crippen molar-refractivity contribution in [2.75, 3.05) is 0 Å². The quantitative estimate of drug-likeness (QED) is 0.427. The van der Waals surface area contributed by atoms with E-state index in [0.29, 0.717) is 0 Å². The molecule has 0 saturated heterocycles. The van der Waals surface area contributed by atoms with Crippen LogP contribution >= 0.6 is 11.3 Å². The van der Waals surface area contributed by atoms with Gasteiger partial charge in [0.15, 0.2) is 0 Å². The SMILES string of the molecule is CC[C@H](c1cccc(F)c1)c1ccc(-c2ccc(C(C)(C)N=O)cc2)s1. The highest BCUT2D eigenvalue weighted by molar-refractivity contribution is 7.15. The lowest BCUT2D eigenvalue weighted by Gasteiger charge is -2.15. The molecule has 0 bridgehead atoms. The van der Waals surface area contributed by atoms with Gasteiger partial charge in [0.2, 0.25) is 0 Å². The molecule has 134 valence electrons. The van der Waals surface area contributed by atoms with E-state index in [-0.39, 0.29) is 11.7 Å². The summed E-state index contributed by atoms with van der Waals surface area (Å²) >= 11 is 1.73. The molecule has 1 heterocycles. The van der Waals surface area contributed by atoms with Crippen molar-refractivity contribution >= 4 is 11.3 Å². The topological polar surface area (TPSA) is 29.4 Å². The van der Waals surface area contributed by atoms with E-state index >= 15 is 0 Å². The molecule has 0 spiro atoms. The number of thiophene rings is 1. The van der Waals surface area contributed by atoms with Crippen LogP contribution in [0.5, 0.6) is 0 Å². The van der Waals surface area contributed by atoms with Crippen molar-refractivity contribution in [1.82, 2.24) is 0 Å². The summed E-state index contributed by atoms with van der Waals surface area (Å²) in [7, 11) is 0. The summed E-state index contributed by atoms with van der Waals surface area (Å²) < 4.78 is 13.6. The van der Waals surface area contributed by atoms with Gasteiger partial charge in [-0.1, -0.05) is 48.5 Å². The van der Waals surface area contributed by atoms with E-state index in [1.54, 1.807) is 23.5 Å². The van der Waals surface area contributed by atoms with Crippen molar-refractivity contribution < 1.29 is 4.39 Å². The van der Waals surface area contributed by atoms with Crippen LogP contribution in [0.15, 0.2) is 65.8 Å². The maximum absolute atomic E-state index is 13.6. The fourth-order valence-electron chi connectivity index (χ4n) is 3.11. The monoisotopic (exact) mass is 367 g/mol. The van der Waals surface area contributed by atoms with Crippen LogP contribution in [-0.4, -0.2) is 0 Å². The Balaban J connectivity index is 1.88. The zero-order valence-corrected chi connectivity index (χ0v) is 16.0. The Kier molecular flexibility index (Phi) is 5.33. The maximum Gasteiger partial charge on any atom is 0.123 e. The van der Waals surface area contributed by atoms with E-state index in [2.05, 4.69) is 24.2 Å². The lowest BCUT2D eigenvalue weighted by Crippen LogP contribution is -2.12. The summed E-state index contributed by atoms with van der Waals surface area (Å²) in [5, 5.41) is 3.19. The van der Waals surface area contributed by atoms with Gasteiger partial charge in [-0.2, -0.15) is 0 Å². The second-order valence-corrected chi connectivity index (χ2v) is 8.06. The van der Waals surface area contributed by atoms with Gasteiger partial charge in [0.25, 0.3) is 0 Å². The van der Waals surface area contributed by atoms with Crippen LogP contribution < -0.4 is 0 Å². The van der Waals surface area contributed by atoms with Crippen LogP contribution in [0.25, 0.3) is 10.4 Å². The molecule has 3 aromatic rings. The summed E-state index contributed by atoms with van der Waals surface area (Å²) in [4.78, 5) is 13.4. The number of nitroso groups, excluding NO2 is 1. The molecule has 4 heteroatoms. The molecule has 0 fully saturated rings. The Morgan fingerprint density at radius 1 is 1.08 bits per heavy atom. The summed E-state index contributed by atoms with van der Waals surface area (Å²) in [6, 6.07) is 19.1. The van der Waals surface area contributed by atoms with Gasteiger partial charge < -0.3 is 0 Å². The zero-order chi connectivity index (χ0) is 18.7. The Hall–Kier alpha value is -2.33. The summed E-state index contributed by atoms with van der Waals surface area (Å²) in [6.07, 6.45) is 0.918. The maximum atomic E-state index is 13.6. The molecule has 3 rings (SSSR count). The smallest absolute Gasteiger partial charge is 0.123 e. The molecule has 0 unspecified atom stereocenters. The number of rotatable bonds is 6. The molecular formula is C22H22FNOS. The van der Waals surface area contributed by atoms with Gasteiger partial charge in [-0.3, -0.25) is 0 Å². The normalized spacial score (nSPS) is 12.8. The van der Waals surface area contributed by atoms with E-state index in [1.807, 2.05) is 44.2 Å². The Morgan fingerprint density at radius 2 is 1.81 bits per heavy atom. The van der Waals surface area contributed by atoms with E-state index in [4.69, 9.17) is 0 Å². The first-order chi connectivity index (χ1) is 12.4. The summed E-state index contributed by atoms with van der Waals surface area (Å²) in [6.45, 7) is 5.74. The minimum atomic E-state index is -0.718. The van der Waals surface area contributed by atoms with Crippen molar-refractivity contribution in [2.24, 2.45) is 5.18 Å². The molecular weight excluding hydrogens is 345 g/mol. The van der Waals surface area contributed by atoms with Crippen LogP contribution in [0.2, 0.25) is 0 Å². The molecule has 0 amide bonds. The average Bonchev–Trinajstić information content (AvgIpc) is 3.12. The van der Waals surface area contributed by atoms with Gasteiger partial charge in [0.1, 0.15) is 11.4 Å². The molecule has 0 aliphatic heterocycles. The molecule has 0 aliphatic carbocycles. The van der Waals surface area contributed by atoms with Crippen molar-refractivity contribution in [1.29, 1.82) is 0 Å². The fourth-order valence-corrected chi connectivity index (χ4v) is 4.34. The predicted octanol–water partition coefficient (Wildman–Crippen LogP) is 7.10. The van der Waals surface area contributed by atoms with Gasteiger partial charge in [0.05, 0.1) is 0 Å².